The van der Waals surface area contributed by atoms with Gasteiger partial charge in [-0.2, -0.15) is 0 Å². The van der Waals surface area contributed by atoms with Gasteiger partial charge in [-0.15, -0.1) is 0 Å². The minimum atomic E-state index is -0.114. The monoisotopic (exact) mass is 296 g/mol. The first-order valence-corrected chi connectivity index (χ1v) is 10.7. The van der Waals surface area contributed by atoms with Crippen molar-refractivity contribution >= 4 is 9.52 Å². The van der Waals surface area contributed by atoms with E-state index in [4.69, 9.17) is 0 Å². The van der Waals surface area contributed by atoms with Crippen molar-refractivity contribution in [2.24, 2.45) is 0 Å². The van der Waals surface area contributed by atoms with E-state index in [0.717, 1.165) is 11.1 Å². The lowest BCUT2D eigenvalue weighted by molar-refractivity contribution is 0.671. The summed E-state index contributed by atoms with van der Waals surface area (Å²) in [5.41, 5.74) is 12.5. The van der Waals surface area contributed by atoms with Crippen LogP contribution in [0.25, 0.3) is 0 Å². The first kappa shape index (κ1) is 13.8. The molecule has 0 aromatic carbocycles. The zero-order valence-corrected chi connectivity index (χ0v) is 15.1. The van der Waals surface area contributed by atoms with Gasteiger partial charge in [0, 0.05) is 9.52 Å². The largest absolute Gasteiger partial charge is 0.0692 e. The van der Waals surface area contributed by atoms with E-state index < -0.39 is 0 Å². The first-order chi connectivity index (χ1) is 10.2. The third kappa shape index (κ3) is 2.34. The second-order valence-electron chi connectivity index (χ2n) is 7.63. The summed E-state index contributed by atoms with van der Waals surface area (Å²) in [5.74, 6) is 0. The molecule has 0 nitrogen and oxygen atoms in total. The topological polar surface area (TPSA) is 0 Å². The lowest BCUT2D eigenvalue weighted by Gasteiger charge is -2.27. The van der Waals surface area contributed by atoms with Crippen LogP contribution in [0, 0.1) is 0 Å². The van der Waals surface area contributed by atoms with Gasteiger partial charge in [0.25, 0.3) is 0 Å². The molecule has 0 N–H and O–H groups in total. The molecule has 0 heterocycles. The molecule has 0 amide bonds. The van der Waals surface area contributed by atoms with E-state index in [0.29, 0.717) is 0 Å². The molecule has 0 spiro atoms. The Kier molecular flexibility index (Phi) is 3.57. The summed E-state index contributed by atoms with van der Waals surface area (Å²) >= 11 is 0. The zero-order valence-electron chi connectivity index (χ0n) is 13.7. The fraction of sp³-hybridized carbons (Fsp3) is 0.600. The van der Waals surface area contributed by atoms with Crippen LogP contribution in [-0.4, -0.2) is 9.52 Å². The van der Waals surface area contributed by atoms with Gasteiger partial charge in [-0.1, -0.05) is 34.4 Å². The molecule has 0 fully saturated rings. The number of allylic oxidation sites excluding steroid dienone is 8. The Hall–Kier alpha value is -0.823. The fourth-order valence-corrected chi connectivity index (χ4v) is 8.17. The minimum absolute atomic E-state index is 0.114. The van der Waals surface area contributed by atoms with Crippen molar-refractivity contribution < 1.29 is 0 Å². The van der Waals surface area contributed by atoms with Gasteiger partial charge in [-0.3, -0.25) is 0 Å². The molecule has 21 heavy (non-hydrogen) atoms. The van der Waals surface area contributed by atoms with E-state index in [-0.39, 0.29) is 9.52 Å². The molecule has 0 aromatic rings. The predicted molar refractivity (Wildman–Crippen MR) is 94.5 cm³/mol. The standard InChI is InChI=1S/C20H28Si/c1-13-11-15-7-3-5-9-17(15)19(13)21-20-14(2)12-16-8-4-6-10-18(16)20/h11-12,19-20H,3-10,21H2,1-2H3. The molecule has 0 bridgehead atoms. The highest BCUT2D eigenvalue weighted by atomic mass is 28.2. The van der Waals surface area contributed by atoms with Crippen LogP contribution < -0.4 is 0 Å². The van der Waals surface area contributed by atoms with E-state index >= 15 is 0 Å². The molecular weight excluding hydrogens is 268 g/mol. The molecule has 0 aromatic heterocycles. The molecule has 2 unspecified atom stereocenters. The number of rotatable bonds is 2. The van der Waals surface area contributed by atoms with Crippen LogP contribution in [0.5, 0.6) is 0 Å². The van der Waals surface area contributed by atoms with Crippen molar-refractivity contribution in [1.29, 1.82) is 0 Å². The quantitative estimate of drug-likeness (QED) is 0.599. The average molecular weight is 297 g/mol. The van der Waals surface area contributed by atoms with Crippen LogP contribution in [0.1, 0.15) is 65.2 Å². The van der Waals surface area contributed by atoms with Gasteiger partial charge in [0.2, 0.25) is 0 Å². The smallest absolute Gasteiger partial charge is 0.0466 e. The minimum Gasteiger partial charge on any atom is -0.0692 e. The van der Waals surface area contributed by atoms with Gasteiger partial charge in [-0.25, -0.2) is 0 Å². The number of hydrogen-bond acceptors (Lipinski definition) is 0. The molecule has 2 atom stereocenters. The Balaban J connectivity index is 1.59. The highest BCUT2D eigenvalue weighted by Gasteiger charge is 2.34. The maximum absolute atomic E-state index is 2.57. The molecule has 1 heteroatoms. The molecule has 0 aliphatic heterocycles. The van der Waals surface area contributed by atoms with Crippen molar-refractivity contribution in [3.05, 3.63) is 45.6 Å². The van der Waals surface area contributed by atoms with Gasteiger partial charge in [-0.05, 0) is 87.4 Å². The Morgan fingerprint density at radius 1 is 0.714 bits per heavy atom. The van der Waals surface area contributed by atoms with Gasteiger partial charge < -0.3 is 0 Å². The maximum Gasteiger partial charge on any atom is 0.0466 e. The molecule has 4 aliphatic rings. The van der Waals surface area contributed by atoms with Gasteiger partial charge in [0.15, 0.2) is 0 Å². The first-order valence-electron chi connectivity index (χ1n) is 9.04. The van der Waals surface area contributed by atoms with Crippen molar-refractivity contribution in [2.75, 3.05) is 0 Å². The lowest BCUT2D eigenvalue weighted by Crippen LogP contribution is -2.16. The van der Waals surface area contributed by atoms with Gasteiger partial charge in [0.05, 0.1) is 0 Å². The van der Waals surface area contributed by atoms with Crippen LogP contribution >= 0.6 is 0 Å². The highest BCUT2D eigenvalue weighted by Crippen LogP contribution is 2.50. The van der Waals surface area contributed by atoms with Crippen LogP contribution in [0.15, 0.2) is 45.6 Å². The molecule has 112 valence electrons. The molecule has 0 radical (unpaired) electrons. The van der Waals surface area contributed by atoms with E-state index in [1.54, 1.807) is 22.3 Å². The zero-order chi connectivity index (χ0) is 14.4. The summed E-state index contributed by atoms with van der Waals surface area (Å²) in [6.45, 7) is 4.83. The van der Waals surface area contributed by atoms with Crippen LogP contribution in [0.3, 0.4) is 0 Å². The van der Waals surface area contributed by atoms with Gasteiger partial charge >= 0.3 is 0 Å². The molecule has 4 rings (SSSR count). The van der Waals surface area contributed by atoms with Crippen LogP contribution in [0.4, 0.5) is 0 Å². The third-order valence-electron chi connectivity index (χ3n) is 6.33. The predicted octanol–water partition coefficient (Wildman–Crippen LogP) is 5.39. The SMILES string of the molecule is CC1=CC2=C(CCCC2)C1[SiH2]C1C(C)=CC2=C1CCCC2. The molecular formula is C20H28Si. The normalized spacial score (nSPS) is 32.7. The second-order valence-corrected chi connectivity index (χ2v) is 9.74. The lowest BCUT2D eigenvalue weighted by atomic mass is 9.93. The highest BCUT2D eigenvalue weighted by molar-refractivity contribution is 6.44. The fourth-order valence-electron chi connectivity index (χ4n) is 5.22. The van der Waals surface area contributed by atoms with Crippen molar-refractivity contribution in [3.63, 3.8) is 0 Å². The van der Waals surface area contributed by atoms with Crippen LogP contribution in [0.2, 0.25) is 11.1 Å². The molecule has 0 saturated heterocycles. The van der Waals surface area contributed by atoms with E-state index in [1.807, 2.05) is 11.1 Å². The summed E-state index contributed by atoms with van der Waals surface area (Å²) in [6, 6.07) is 0. The van der Waals surface area contributed by atoms with Crippen molar-refractivity contribution in [3.8, 4) is 0 Å². The summed E-state index contributed by atoms with van der Waals surface area (Å²) in [5, 5.41) is 0. The summed E-state index contributed by atoms with van der Waals surface area (Å²) < 4.78 is 0. The molecule has 4 aliphatic carbocycles. The van der Waals surface area contributed by atoms with E-state index in [1.165, 1.54) is 51.4 Å². The second kappa shape index (κ2) is 5.42. The Labute approximate surface area is 131 Å². The van der Waals surface area contributed by atoms with Crippen molar-refractivity contribution in [2.45, 2.75) is 76.3 Å². The summed E-state index contributed by atoms with van der Waals surface area (Å²) in [6.07, 6.45) is 16.4. The third-order valence-corrected chi connectivity index (χ3v) is 9.54. The average Bonchev–Trinajstić information content (AvgIpc) is 2.97. The van der Waals surface area contributed by atoms with E-state index in [2.05, 4.69) is 26.0 Å². The Morgan fingerprint density at radius 2 is 1.14 bits per heavy atom. The number of hydrogen-bond donors (Lipinski definition) is 0. The molecule has 0 saturated carbocycles. The maximum atomic E-state index is 2.57. The summed E-state index contributed by atoms with van der Waals surface area (Å²) in [7, 11) is -0.114. The Bertz CT molecular complexity index is 533. The van der Waals surface area contributed by atoms with Crippen molar-refractivity contribution in [1.82, 2.24) is 0 Å². The van der Waals surface area contributed by atoms with E-state index in [9.17, 15) is 0 Å². The summed E-state index contributed by atoms with van der Waals surface area (Å²) in [4.78, 5) is 0. The van der Waals surface area contributed by atoms with Crippen LogP contribution in [-0.2, 0) is 0 Å². The van der Waals surface area contributed by atoms with Gasteiger partial charge in [0.1, 0.15) is 0 Å². The Morgan fingerprint density at radius 3 is 1.62 bits per heavy atom.